The highest BCUT2D eigenvalue weighted by Gasteiger charge is 2.15. The monoisotopic (exact) mass is 386 g/mol. The van der Waals surface area contributed by atoms with Crippen molar-refractivity contribution >= 4 is 22.5 Å². The fourth-order valence-electron chi connectivity index (χ4n) is 3.16. The number of anilines is 2. The molecule has 0 bridgehead atoms. The molecular formula is C23H22N4O2. The van der Waals surface area contributed by atoms with Crippen molar-refractivity contribution in [2.45, 2.75) is 6.61 Å². The van der Waals surface area contributed by atoms with Gasteiger partial charge in [-0.2, -0.15) is 0 Å². The first-order valence-corrected chi connectivity index (χ1v) is 9.28. The van der Waals surface area contributed by atoms with E-state index in [-0.39, 0.29) is 0 Å². The molecule has 0 aliphatic rings. The molecule has 3 aromatic carbocycles. The predicted octanol–water partition coefficient (Wildman–Crippen LogP) is 4.51. The summed E-state index contributed by atoms with van der Waals surface area (Å²) >= 11 is 0. The van der Waals surface area contributed by atoms with Crippen LogP contribution in [0.1, 0.15) is 5.56 Å². The van der Waals surface area contributed by atoms with Crippen LogP contribution in [0, 0.1) is 0 Å². The maximum atomic E-state index is 6.07. The van der Waals surface area contributed by atoms with Crippen LogP contribution in [-0.4, -0.2) is 24.1 Å². The Hall–Kier alpha value is -3.80. The van der Waals surface area contributed by atoms with E-state index in [2.05, 4.69) is 15.3 Å². The normalized spacial score (nSPS) is 10.7. The van der Waals surface area contributed by atoms with Crippen molar-refractivity contribution in [3.63, 3.8) is 0 Å². The predicted molar refractivity (Wildman–Crippen MR) is 116 cm³/mol. The van der Waals surface area contributed by atoms with Crippen molar-refractivity contribution in [1.82, 2.24) is 9.97 Å². The van der Waals surface area contributed by atoms with Crippen LogP contribution in [0.25, 0.3) is 22.2 Å². The van der Waals surface area contributed by atoms with Crippen LogP contribution in [0.2, 0.25) is 0 Å². The van der Waals surface area contributed by atoms with Gasteiger partial charge in [0, 0.05) is 29.8 Å². The largest absolute Gasteiger partial charge is 0.493 e. The Morgan fingerprint density at radius 3 is 2.48 bits per heavy atom. The number of methoxy groups -OCH3 is 1. The Morgan fingerprint density at radius 1 is 0.931 bits per heavy atom. The Labute approximate surface area is 169 Å². The summed E-state index contributed by atoms with van der Waals surface area (Å²) < 4.78 is 11.6. The van der Waals surface area contributed by atoms with Gasteiger partial charge in [-0.1, -0.05) is 42.5 Å². The smallest absolute Gasteiger partial charge is 0.223 e. The van der Waals surface area contributed by atoms with Gasteiger partial charge in [0.2, 0.25) is 5.95 Å². The fraction of sp³-hybridized carbons (Fsp3) is 0.130. The number of nitrogens with zero attached hydrogens (tertiary/aromatic N) is 2. The lowest BCUT2D eigenvalue weighted by atomic mass is 10.1. The van der Waals surface area contributed by atoms with Crippen LogP contribution >= 0.6 is 0 Å². The van der Waals surface area contributed by atoms with E-state index in [0.717, 1.165) is 27.7 Å². The van der Waals surface area contributed by atoms with Gasteiger partial charge in [0.05, 0.1) is 18.3 Å². The lowest BCUT2D eigenvalue weighted by Gasteiger charge is -2.14. The van der Waals surface area contributed by atoms with E-state index in [4.69, 9.17) is 15.2 Å². The number of benzene rings is 3. The second-order valence-electron chi connectivity index (χ2n) is 6.57. The quantitative estimate of drug-likeness (QED) is 0.475. The average molecular weight is 386 g/mol. The molecule has 0 aliphatic heterocycles. The molecule has 0 aliphatic carbocycles. The summed E-state index contributed by atoms with van der Waals surface area (Å²) in [6.07, 6.45) is 0. The van der Waals surface area contributed by atoms with Crippen LogP contribution in [0.5, 0.6) is 11.5 Å². The van der Waals surface area contributed by atoms with Gasteiger partial charge in [-0.3, -0.25) is 0 Å². The summed E-state index contributed by atoms with van der Waals surface area (Å²) in [6, 6.07) is 21.4. The first-order chi connectivity index (χ1) is 14.2. The Morgan fingerprint density at radius 2 is 1.76 bits per heavy atom. The fourth-order valence-corrected chi connectivity index (χ4v) is 3.16. The number of nitrogens with two attached hydrogens (primary N) is 1. The number of fused-ring (bicyclic) bond motifs is 1. The summed E-state index contributed by atoms with van der Waals surface area (Å²) in [5.41, 5.74) is 10.2. The minimum Gasteiger partial charge on any atom is -0.493 e. The van der Waals surface area contributed by atoms with Crippen molar-refractivity contribution in [2.24, 2.45) is 0 Å². The number of aromatic nitrogens is 2. The molecule has 0 unspecified atom stereocenters. The van der Waals surface area contributed by atoms with Crippen molar-refractivity contribution in [3.05, 3.63) is 72.3 Å². The molecule has 0 atom stereocenters. The van der Waals surface area contributed by atoms with Crippen molar-refractivity contribution < 1.29 is 9.47 Å². The van der Waals surface area contributed by atoms with Gasteiger partial charge >= 0.3 is 0 Å². The third-order valence-corrected chi connectivity index (χ3v) is 4.60. The molecule has 0 radical (unpaired) electrons. The highest BCUT2D eigenvalue weighted by molar-refractivity contribution is 5.95. The summed E-state index contributed by atoms with van der Waals surface area (Å²) in [5, 5.41) is 3.88. The molecule has 1 heterocycles. The number of hydrogen-bond donors (Lipinski definition) is 2. The zero-order valence-corrected chi connectivity index (χ0v) is 16.3. The van der Waals surface area contributed by atoms with E-state index in [0.29, 0.717) is 29.7 Å². The maximum absolute atomic E-state index is 6.07. The van der Waals surface area contributed by atoms with Gasteiger partial charge in [0.15, 0.2) is 11.5 Å². The summed E-state index contributed by atoms with van der Waals surface area (Å²) in [6.45, 7) is 0.436. The second-order valence-corrected chi connectivity index (χ2v) is 6.57. The van der Waals surface area contributed by atoms with Crippen LogP contribution in [0.3, 0.4) is 0 Å². The first-order valence-electron chi connectivity index (χ1n) is 9.28. The van der Waals surface area contributed by atoms with Gasteiger partial charge in [-0.15, -0.1) is 0 Å². The van der Waals surface area contributed by atoms with Crippen LogP contribution in [-0.2, 0) is 6.61 Å². The Bertz CT molecular complexity index is 1150. The average Bonchev–Trinajstić information content (AvgIpc) is 2.77. The highest BCUT2D eigenvalue weighted by Crippen LogP contribution is 2.37. The van der Waals surface area contributed by atoms with Crippen LogP contribution in [0.4, 0.5) is 11.6 Å². The van der Waals surface area contributed by atoms with Crippen LogP contribution in [0.15, 0.2) is 66.7 Å². The third kappa shape index (κ3) is 3.91. The minimum atomic E-state index is 0.436. The van der Waals surface area contributed by atoms with Crippen molar-refractivity contribution in [1.29, 1.82) is 0 Å². The Balaban J connectivity index is 1.83. The highest BCUT2D eigenvalue weighted by atomic mass is 16.5. The molecule has 4 rings (SSSR count). The van der Waals surface area contributed by atoms with Gasteiger partial charge in [0.25, 0.3) is 0 Å². The molecule has 29 heavy (non-hydrogen) atoms. The van der Waals surface area contributed by atoms with E-state index in [1.165, 1.54) is 0 Å². The number of hydrogen-bond acceptors (Lipinski definition) is 6. The van der Waals surface area contributed by atoms with Gasteiger partial charge < -0.3 is 20.5 Å². The topological polar surface area (TPSA) is 82.3 Å². The molecule has 1 aromatic heterocycles. The van der Waals surface area contributed by atoms with Crippen molar-refractivity contribution in [2.75, 3.05) is 25.2 Å². The molecule has 146 valence electrons. The maximum Gasteiger partial charge on any atom is 0.223 e. The lowest BCUT2D eigenvalue weighted by Crippen LogP contribution is -2.02. The molecule has 0 saturated carbocycles. The van der Waals surface area contributed by atoms with Crippen molar-refractivity contribution in [3.8, 4) is 22.8 Å². The number of ether oxygens (including phenoxy) is 2. The minimum absolute atomic E-state index is 0.436. The molecule has 3 N–H and O–H groups in total. The SMILES string of the molecule is CNc1nc(-c2cccc(N)c2)c2cc(OCc3ccccc3)c(OC)cc2n1. The molecule has 0 spiro atoms. The van der Waals surface area contributed by atoms with E-state index in [9.17, 15) is 0 Å². The van der Waals surface area contributed by atoms with Gasteiger partial charge in [-0.25, -0.2) is 9.97 Å². The lowest BCUT2D eigenvalue weighted by molar-refractivity contribution is 0.285. The molecule has 4 aromatic rings. The zero-order chi connectivity index (χ0) is 20.2. The molecule has 6 nitrogen and oxygen atoms in total. The number of rotatable bonds is 6. The second kappa shape index (κ2) is 8.06. The summed E-state index contributed by atoms with van der Waals surface area (Å²) in [4.78, 5) is 9.25. The molecule has 0 saturated heterocycles. The van der Waals surface area contributed by atoms with Gasteiger partial charge in [-0.05, 0) is 23.8 Å². The van der Waals surface area contributed by atoms with Crippen LogP contribution < -0.4 is 20.5 Å². The third-order valence-electron chi connectivity index (χ3n) is 4.60. The summed E-state index contributed by atoms with van der Waals surface area (Å²) in [7, 11) is 3.41. The number of nitrogens with one attached hydrogen (secondary N) is 1. The number of nitrogen functional groups attached to an aromatic ring is 1. The molecule has 0 fully saturated rings. The van der Waals surface area contributed by atoms with E-state index >= 15 is 0 Å². The van der Waals surface area contributed by atoms with E-state index in [1.807, 2.05) is 66.7 Å². The first kappa shape index (κ1) is 18.6. The summed E-state index contributed by atoms with van der Waals surface area (Å²) in [5.74, 6) is 1.78. The molecular weight excluding hydrogens is 364 g/mol. The standard InChI is InChI=1S/C23H22N4O2/c1-25-23-26-19-13-20(28-2)21(29-14-15-7-4-3-5-8-15)12-18(19)22(27-23)16-9-6-10-17(24)11-16/h3-13H,14,24H2,1-2H3,(H,25,26,27). The Kier molecular flexibility index (Phi) is 5.16. The zero-order valence-electron chi connectivity index (χ0n) is 16.3. The van der Waals surface area contributed by atoms with Gasteiger partial charge in [0.1, 0.15) is 6.61 Å². The van der Waals surface area contributed by atoms with E-state index in [1.54, 1.807) is 14.2 Å². The van der Waals surface area contributed by atoms with E-state index < -0.39 is 0 Å². The molecule has 6 heteroatoms. The molecule has 0 amide bonds.